The zero-order chi connectivity index (χ0) is 29.6. The molecule has 0 unspecified atom stereocenters. The van der Waals surface area contributed by atoms with Gasteiger partial charge in [0.25, 0.3) is 5.91 Å². The number of allylic oxidation sites excluding steroid dienone is 2. The van der Waals surface area contributed by atoms with Crippen LogP contribution in [0.1, 0.15) is 37.9 Å². The normalized spacial score (nSPS) is 17.6. The summed E-state index contributed by atoms with van der Waals surface area (Å²) in [4.78, 5) is 30.6. The minimum absolute atomic E-state index is 0.150. The van der Waals surface area contributed by atoms with Crippen LogP contribution in [-0.4, -0.2) is 59.5 Å². The Morgan fingerprint density at radius 1 is 1.12 bits per heavy atom. The molecular formula is C33H37ClN6O2. The topological polar surface area (TPSA) is 65.0 Å². The molecule has 2 aliphatic heterocycles. The average Bonchev–Trinajstić information content (AvgIpc) is 3.74. The molecule has 3 aromatic rings. The molecule has 2 aromatic carbocycles. The zero-order valence-electron chi connectivity index (χ0n) is 24.7. The molecule has 6 rings (SSSR count). The van der Waals surface area contributed by atoms with Gasteiger partial charge >= 0.3 is 6.01 Å². The fourth-order valence-electron chi connectivity index (χ4n) is 6.08. The maximum absolute atomic E-state index is 12.4. The Labute approximate surface area is 252 Å². The molecule has 0 N–H and O–H groups in total. The third-order valence-corrected chi connectivity index (χ3v) is 8.66. The number of nitrogens with zero attached hydrogens (tertiary/aromatic N) is 6. The van der Waals surface area contributed by atoms with Gasteiger partial charge in [-0.25, -0.2) is 0 Å². The Balaban J connectivity index is 1.38. The minimum Gasteiger partial charge on any atom is -0.463 e. The van der Waals surface area contributed by atoms with Gasteiger partial charge in [0, 0.05) is 58.9 Å². The molecule has 0 radical (unpaired) electrons. The van der Waals surface area contributed by atoms with Crippen molar-refractivity contribution in [1.29, 1.82) is 0 Å². The lowest BCUT2D eigenvalue weighted by molar-refractivity contribution is -0.122. The quantitative estimate of drug-likeness (QED) is 0.295. The van der Waals surface area contributed by atoms with Crippen molar-refractivity contribution in [3.63, 3.8) is 0 Å². The number of hydrogen-bond acceptors (Lipinski definition) is 7. The van der Waals surface area contributed by atoms with Crippen molar-refractivity contribution in [1.82, 2.24) is 19.8 Å². The summed E-state index contributed by atoms with van der Waals surface area (Å²) in [5, 5.41) is 2.91. The van der Waals surface area contributed by atoms with Crippen molar-refractivity contribution in [3.05, 3.63) is 89.1 Å². The molecule has 0 bridgehead atoms. The van der Waals surface area contributed by atoms with Crippen molar-refractivity contribution in [2.75, 3.05) is 43.6 Å². The fourth-order valence-corrected chi connectivity index (χ4v) is 6.36. The molecule has 218 valence electrons. The van der Waals surface area contributed by atoms with Crippen LogP contribution < -0.4 is 14.5 Å². The molecule has 1 fully saturated rings. The summed E-state index contributed by atoms with van der Waals surface area (Å²) in [5.74, 6) is 0.623. The number of rotatable bonds is 8. The Morgan fingerprint density at radius 3 is 2.60 bits per heavy atom. The van der Waals surface area contributed by atoms with Crippen LogP contribution in [0.25, 0.3) is 10.8 Å². The van der Waals surface area contributed by atoms with E-state index in [4.69, 9.17) is 26.3 Å². The highest BCUT2D eigenvalue weighted by Crippen LogP contribution is 2.46. The monoisotopic (exact) mass is 584 g/mol. The van der Waals surface area contributed by atoms with Gasteiger partial charge < -0.3 is 19.4 Å². The number of halogens is 1. The summed E-state index contributed by atoms with van der Waals surface area (Å²) in [6.45, 7) is 10.5. The lowest BCUT2D eigenvalue weighted by Crippen LogP contribution is -2.35. The third-order valence-electron chi connectivity index (χ3n) is 8.34. The molecule has 1 aromatic heterocycles. The lowest BCUT2D eigenvalue weighted by atomic mass is 10.0. The van der Waals surface area contributed by atoms with Gasteiger partial charge in [-0.2, -0.15) is 9.97 Å². The maximum Gasteiger partial charge on any atom is 0.318 e. The Hall–Kier alpha value is -3.88. The number of ether oxygens (including phenoxy) is 1. The van der Waals surface area contributed by atoms with E-state index in [1.54, 1.807) is 4.90 Å². The summed E-state index contributed by atoms with van der Waals surface area (Å²) in [6.07, 6.45) is 8.14. The molecule has 8 nitrogen and oxygen atoms in total. The number of carbonyl (C=O) groups is 1. The third kappa shape index (κ3) is 5.37. The van der Waals surface area contributed by atoms with Crippen molar-refractivity contribution >= 4 is 39.8 Å². The predicted molar refractivity (Wildman–Crippen MR) is 168 cm³/mol. The van der Waals surface area contributed by atoms with E-state index in [1.807, 2.05) is 43.3 Å². The molecule has 9 heteroatoms. The molecule has 0 saturated heterocycles. The van der Waals surface area contributed by atoms with Crippen LogP contribution in [0.2, 0.25) is 5.02 Å². The van der Waals surface area contributed by atoms with Crippen molar-refractivity contribution in [2.45, 2.75) is 39.7 Å². The number of anilines is 2. The van der Waals surface area contributed by atoms with E-state index in [2.05, 4.69) is 54.7 Å². The fraction of sp³-hybridized carbons (Fsp3) is 0.364. The second kappa shape index (κ2) is 11.1. The molecular weight excluding hydrogens is 548 g/mol. The van der Waals surface area contributed by atoms with Gasteiger partial charge in [0.05, 0.1) is 23.9 Å². The van der Waals surface area contributed by atoms with E-state index in [0.29, 0.717) is 19.2 Å². The standard InChI is InChI=1S/C33H37ClN6O2/c1-6-29(41)39-17-23(3)40(18-22(39)2)31-25-13-16-38(28-12-8-10-24-9-7-11-26(34)30(24)28)19-27(25)35-32(36-31)42-21-33(14-15-33)20-37(4)5/h6-12,17-18H,1,13-16,19-21H2,2-5H3. The van der Waals surface area contributed by atoms with Crippen LogP contribution in [0.15, 0.2) is 72.8 Å². The van der Waals surface area contributed by atoms with Gasteiger partial charge in [-0.15, -0.1) is 0 Å². The maximum atomic E-state index is 12.4. The van der Waals surface area contributed by atoms with Gasteiger partial charge in [-0.1, -0.05) is 42.4 Å². The van der Waals surface area contributed by atoms with Crippen LogP contribution in [-0.2, 0) is 17.8 Å². The molecule has 42 heavy (non-hydrogen) atoms. The summed E-state index contributed by atoms with van der Waals surface area (Å²) < 4.78 is 6.37. The van der Waals surface area contributed by atoms with E-state index >= 15 is 0 Å². The van der Waals surface area contributed by atoms with E-state index in [0.717, 1.165) is 82.3 Å². The first-order valence-corrected chi connectivity index (χ1v) is 14.8. The van der Waals surface area contributed by atoms with E-state index < -0.39 is 0 Å². The summed E-state index contributed by atoms with van der Waals surface area (Å²) >= 11 is 6.70. The van der Waals surface area contributed by atoms with E-state index in [9.17, 15) is 4.79 Å². The van der Waals surface area contributed by atoms with Gasteiger partial charge in [0.2, 0.25) is 0 Å². The molecule has 1 saturated carbocycles. The van der Waals surface area contributed by atoms with Gasteiger partial charge in [-0.3, -0.25) is 9.69 Å². The van der Waals surface area contributed by atoms with Crippen molar-refractivity contribution in [2.24, 2.45) is 5.41 Å². The molecule has 1 amide bonds. The molecule has 3 heterocycles. The molecule has 3 aliphatic rings. The number of carbonyl (C=O) groups excluding carboxylic acids is 1. The highest BCUT2D eigenvalue weighted by atomic mass is 35.5. The summed E-state index contributed by atoms with van der Waals surface area (Å²) in [5.41, 5.74) is 4.92. The first-order chi connectivity index (χ1) is 20.2. The largest absolute Gasteiger partial charge is 0.463 e. The van der Waals surface area contributed by atoms with Gasteiger partial charge in [0.1, 0.15) is 5.82 Å². The number of amides is 1. The lowest BCUT2D eigenvalue weighted by Gasteiger charge is -2.35. The molecule has 0 atom stereocenters. The summed E-state index contributed by atoms with van der Waals surface area (Å²) in [7, 11) is 4.20. The Morgan fingerprint density at radius 2 is 1.88 bits per heavy atom. The molecule has 1 aliphatic carbocycles. The first-order valence-electron chi connectivity index (χ1n) is 14.4. The van der Waals surface area contributed by atoms with Crippen molar-refractivity contribution in [3.8, 4) is 6.01 Å². The Bertz CT molecular complexity index is 1620. The smallest absolute Gasteiger partial charge is 0.318 e. The summed E-state index contributed by atoms with van der Waals surface area (Å²) in [6, 6.07) is 12.7. The van der Waals surface area contributed by atoms with Gasteiger partial charge in [-0.05, 0) is 70.8 Å². The predicted octanol–water partition coefficient (Wildman–Crippen LogP) is 6.12. The van der Waals surface area contributed by atoms with E-state index in [-0.39, 0.29) is 11.3 Å². The second-order valence-corrected chi connectivity index (χ2v) is 12.3. The SMILES string of the molecule is C=CC(=O)N1C=C(C)N(c2nc(OCC3(CN(C)C)CC3)nc3c2CCN(c2cccc4cccc(Cl)c24)C3)C=C1C. The van der Waals surface area contributed by atoms with Crippen LogP contribution >= 0.6 is 11.6 Å². The average molecular weight is 585 g/mol. The highest BCUT2D eigenvalue weighted by molar-refractivity contribution is 6.36. The Kier molecular flexibility index (Phi) is 7.45. The van der Waals surface area contributed by atoms with Crippen molar-refractivity contribution < 1.29 is 9.53 Å². The van der Waals surface area contributed by atoms with Crippen LogP contribution in [0.5, 0.6) is 6.01 Å². The second-order valence-electron chi connectivity index (χ2n) is 11.9. The minimum atomic E-state index is -0.170. The number of benzene rings is 2. The zero-order valence-corrected chi connectivity index (χ0v) is 25.5. The van der Waals surface area contributed by atoms with Gasteiger partial charge in [0.15, 0.2) is 0 Å². The van der Waals surface area contributed by atoms with Crippen LogP contribution in [0.3, 0.4) is 0 Å². The van der Waals surface area contributed by atoms with Crippen LogP contribution in [0.4, 0.5) is 11.5 Å². The van der Waals surface area contributed by atoms with Crippen LogP contribution in [0, 0.1) is 5.41 Å². The number of aromatic nitrogens is 2. The highest BCUT2D eigenvalue weighted by Gasteiger charge is 2.44. The first kappa shape index (κ1) is 28.2. The number of hydrogen-bond donors (Lipinski definition) is 0. The van der Waals surface area contributed by atoms with E-state index in [1.165, 1.54) is 6.08 Å². The molecule has 0 spiro atoms. The number of fused-ring (bicyclic) bond motifs is 2.